The summed E-state index contributed by atoms with van der Waals surface area (Å²) in [6.07, 6.45) is 1.47. The van der Waals surface area contributed by atoms with Crippen LogP contribution in [0.4, 0.5) is 17.6 Å². The number of hydrogen-bond acceptors (Lipinski definition) is 9. The number of anilines is 3. The number of methoxy groups -OCH3 is 1. The summed E-state index contributed by atoms with van der Waals surface area (Å²) >= 11 is 0. The van der Waals surface area contributed by atoms with E-state index in [-0.39, 0.29) is 23.9 Å². The van der Waals surface area contributed by atoms with Crippen molar-refractivity contribution in [3.63, 3.8) is 0 Å². The smallest absolute Gasteiger partial charge is 0.259 e. The van der Waals surface area contributed by atoms with Crippen molar-refractivity contribution in [1.82, 2.24) is 15.0 Å². The molecular weight excluding hydrogens is 400 g/mol. The highest BCUT2D eigenvalue weighted by atomic mass is 16.5. The second-order valence-corrected chi connectivity index (χ2v) is 7.69. The van der Waals surface area contributed by atoms with Gasteiger partial charge in [-0.15, -0.1) is 0 Å². The van der Waals surface area contributed by atoms with E-state index in [9.17, 15) is 4.79 Å². The molecule has 2 saturated heterocycles. The van der Waals surface area contributed by atoms with Gasteiger partial charge < -0.3 is 24.0 Å². The largest absolute Gasteiger partial charge is 0.481 e. The van der Waals surface area contributed by atoms with Crippen LogP contribution < -0.4 is 19.9 Å². The highest BCUT2D eigenvalue weighted by Crippen LogP contribution is 2.26. The van der Waals surface area contributed by atoms with Crippen molar-refractivity contribution < 1.29 is 19.0 Å². The molecule has 1 amide bonds. The van der Waals surface area contributed by atoms with Crippen molar-refractivity contribution in [1.29, 1.82) is 0 Å². The Morgan fingerprint density at radius 3 is 2.16 bits per heavy atom. The van der Waals surface area contributed by atoms with E-state index >= 15 is 0 Å². The second-order valence-electron chi connectivity index (χ2n) is 7.69. The number of carbonyl (C=O) groups is 1. The number of carbonyl (C=O) groups excluding carboxylic acids is 1. The molecule has 31 heavy (non-hydrogen) atoms. The number of ether oxygens (including phenoxy) is 3. The molecular formula is C21H28N6O4. The summed E-state index contributed by atoms with van der Waals surface area (Å²) in [5.41, 5.74) is 0.399. The van der Waals surface area contributed by atoms with Crippen molar-refractivity contribution in [2.45, 2.75) is 25.9 Å². The zero-order valence-corrected chi connectivity index (χ0v) is 18.1. The van der Waals surface area contributed by atoms with Gasteiger partial charge in [0.25, 0.3) is 5.91 Å². The summed E-state index contributed by atoms with van der Waals surface area (Å²) in [5, 5.41) is 2.83. The molecule has 2 aromatic heterocycles. The first kappa shape index (κ1) is 21.3. The van der Waals surface area contributed by atoms with Crippen LogP contribution in [0.5, 0.6) is 5.88 Å². The average molecular weight is 428 g/mol. The SMILES string of the molecule is COc1ccc(C(=O)Nc2nc(N3CCOC[C@@H]3C)cc(N3CCOC[C@@H]3C)n2)cn1. The Balaban J connectivity index is 1.64. The second kappa shape index (κ2) is 9.44. The molecule has 4 rings (SSSR count). The van der Waals surface area contributed by atoms with Crippen molar-refractivity contribution >= 4 is 23.5 Å². The zero-order chi connectivity index (χ0) is 21.8. The van der Waals surface area contributed by atoms with Gasteiger partial charge in [-0.1, -0.05) is 0 Å². The first-order valence-electron chi connectivity index (χ1n) is 10.4. The molecule has 0 radical (unpaired) electrons. The molecule has 0 unspecified atom stereocenters. The summed E-state index contributed by atoms with van der Waals surface area (Å²) < 4.78 is 16.2. The number of amides is 1. The maximum absolute atomic E-state index is 12.8. The predicted molar refractivity (Wildman–Crippen MR) is 116 cm³/mol. The molecule has 1 N–H and O–H groups in total. The Morgan fingerprint density at radius 2 is 1.68 bits per heavy atom. The Morgan fingerprint density at radius 1 is 1.06 bits per heavy atom. The highest BCUT2D eigenvalue weighted by molar-refractivity contribution is 6.03. The normalized spacial score (nSPS) is 21.6. The van der Waals surface area contributed by atoms with E-state index in [1.54, 1.807) is 12.1 Å². The lowest BCUT2D eigenvalue weighted by Crippen LogP contribution is -2.46. The van der Waals surface area contributed by atoms with Crippen LogP contribution in [0.25, 0.3) is 0 Å². The first-order chi connectivity index (χ1) is 15.0. The summed E-state index contributed by atoms with van der Waals surface area (Å²) in [6, 6.07) is 5.62. The summed E-state index contributed by atoms with van der Waals surface area (Å²) in [6.45, 7) is 8.18. The van der Waals surface area contributed by atoms with Crippen molar-refractivity contribution in [2.75, 3.05) is 61.7 Å². The van der Waals surface area contributed by atoms with Crippen molar-refractivity contribution in [2.24, 2.45) is 0 Å². The Labute approximate surface area is 181 Å². The van der Waals surface area contributed by atoms with Crippen LogP contribution in [0.15, 0.2) is 24.4 Å². The van der Waals surface area contributed by atoms with E-state index in [0.717, 1.165) is 24.7 Å². The minimum Gasteiger partial charge on any atom is -0.481 e. The van der Waals surface area contributed by atoms with Gasteiger partial charge in [-0.25, -0.2) is 4.98 Å². The van der Waals surface area contributed by atoms with Gasteiger partial charge in [0.2, 0.25) is 11.8 Å². The average Bonchev–Trinajstić information content (AvgIpc) is 2.79. The molecule has 2 fully saturated rings. The predicted octanol–water partition coefficient (Wildman–Crippen LogP) is 1.58. The quantitative estimate of drug-likeness (QED) is 0.760. The van der Waals surface area contributed by atoms with Crippen LogP contribution in [0.2, 0.25) is 0 Å². The van der Waals surface area contributed by atoms with Crippen LogP contribution in [0.1, 0.15) is 24.2 Å². The lowest BCUT2D eigenvalue weighted by Gasteiger charge is -2.37. The van der Waals surface area contributed by atoms with E-state index in [0.29, 0.717) is 37.9 Å². The van der Waals surface area contributed by atoms with Crippen LogP contribution in [0.3, 0.4) is 0 Å². The van der Waals surface area contributed by atoms with Gasteiger partial charge in [0.15, 0.2) is 0 Å². The van der Waals surface area contributed by atoms with Crippen LogP contribution in [0, 0.1) is 0 Å². The topological polar surface area (TPSA) is 102 Å². The van der Waals surface area contributed by atoms with Gasteiger partial charge in [-0.3, -0.25) is 10.1 Å². The molecule has 0 saturated carbocycles. The maximum atomic E-state index is 12.8. The Bertz CT molecular complexity index is 869. The van der Waals surface area contributed by atoms with E-state index in [2.05, 4.69) is 43.9 Å². The van der Waals surface area contributed by atoms with Crippen LogP contribution in [-0.4, -0.2) is 79.6 Å². The Hall–Kier alpha value is -2.98. The lowest BCUT2D eigenvalue weighted by molar-refractivity contribution is 0.0977. The third-order valence-electron chi connectivity index (χ3n) is 5.46. The minimum atomic E-state index is -0.330. The van der Waals surface area contributed by atoms with Crippen molar-refractivity contribution in [3.05, 3.63) is 30.0 Å². The molecule has 0 spiro atoms. The number of nitrogens with zero attached hydrogens (tertiary/aromatic N) is 5. The molecule has 166 valence electrons. The van der Waals surface area contributed by atoms with Gasteiger partial charge in [0.1, 0.15) is 11.6 Å². The molecule has 0 bridgehead atoms. The fourth-order valence-electron chi connectivity index (χ4n) is 3.72. The van der Waals surface area contributed by atoms with Gasteiger partial charge in [0, 0.05) is 31.4 Å². The van der Waals surface area contributed by atoms with Gasteiger partial charge in [0.05, 0.1) is 51.2 Å². The number of morpholine rings is 2. The number of nitrogens with one attached hydrogen (secondary N) is 1. The van der Waals surface area contributed by atoms with E-state index in [4.69, 9.17) is 14.2 Å². The fraction of sp³-hybridized carbons (Fsp3) is 0.524. The maximum Gasteiger partial charge on any atom is 0.259 e. The molecule has 0 aliphatic carbocycles. The number of rotatable bonds is 5. The van der Waals surface area contributed by atoms with Crippen molar-refractivity contribution in [3.8, 4) is 5.88 Å². The molecule has 2 aliphatic rings. The first-order valence-corrected chi connectivity index (χ1v) is 10.4. The summed E-state index contributed by atoms with van der Waals surface area (Å²) in [5.74, 6) is 1.90. The molecule has 2 aliphatic heterocycles. The molecule has 2 atom stereocenters. The lowest BCUT2D eigenvalue weighted by atomic mass is 10.2. The number of hydrogen-bond donors (Lipinski definition) is 1. The molecule has 0 aromatic carbocycles. The molecule has 2 aromatic rings. The summed E-state index contributed by atoms with van der Waals surface area (Å²) in [4.78, 5) is 30.5. The van der Waals surface area contributed by atoms with Crippen LogP contribution >= 0.6 is 0 Å². The third kappa shape index (κ3) is 4.86. The van der Waals surface area contributed by atoms with E-state index < -0.39 is 0 Å². The number of aromatic nitrogens is 3. The molecule has 10 heteroatoms. The standard InChI is InChI=1S/C21H28N6O4/c1-14-12-30-8-6-26(14)17-10-18(27-7-9-31-13-15(27)2)24-21(23-17)25-20(28)16-4-5-19(29-3)22-11-16/h4-5,10-11,14-15H,6-9,12-13H2,1-3H3,(H,23,24,25,28)/t14-,15-/m0/s1. The van der Waals surface area contributed by atoms with E-state index in [1.165, 1.54) is 13.3 Å². The highest BCUT2D eigenvalue weighted by Gasteiger charge is 2.26. The van der Waals surface area contributed by atoms with Gasteiger partial charge in [-0.2, -0.15) is 9.97 Å². The number of pyridine rings is 1. The minimum absolute atomic E-state index is 0.174. The zero-order valence-electron chi connectivity index (χ0n) is 18.1. The van der Waals surface area contributed by atoms with Gasteiger partial charge in [-0.05, 0) is 19.9 Å². The molecule has 4 heterocycles. The summed E-state index contributed by atoms with van der Waals surface area (Å²) in [7, 11) is 1.53. The Kier molecular flexibility index (Phi) is 6.47. The monoisotopic (exact) mass is 428 g/mol. The van der Waals surface area contributed by atoms with Crippen LogP contribution in [-0.2, 0) is 9.47 Å². The fourth-order valence-corrected chi connectivity index (χ4v) is 3.72. The molecule has 10 nitrogen and oxygen atoms in total. The third-order valence-corrected chi connectivity index (χ3v) is 5.46. The van der Waals surface area contributed by atoms with E-state index in [1.807, 2.05) is 6.07 Å². The van der Waals surface area contributed by atoms with Gasteiger partial charge >= 0.3 is 0 Å².